The van der Waals surface area contributed by atoms with Crippen molar-refractivity contribution in [2.75, 3.05) is 12.4 Å². The molecule has 0 bridgehead atoms. The van der Waals surface area contributed by atoms with Crippen LogP contribution in [0.3, 0.4) is 0 Å². The Labute approximate surface area is 177 Å². The molecule has 146 valence electrons. The molecule has 7 heteroatoms. The van der Waals surface area contributed by atoms with E-state index in [0.717, 1.165) is 33.1 Å². The quantitative estimate of drug-likeness (QED) is 0.442. The number of aryl methyl sites for hydroxylation is 2. The normalized spacial score (nSPS) is 10.7. The molecular weight excluding hydrogens is 402 g/mol. The third-order valence-corrected chi connectivity index (χ3v) is 6.34. The number of nitrogens with one attached hydrogen (secondary N) is 1. The topological polar surface area (TPSA) is 64.1 Å². The first-order valence-electron chi connectivity index (χ1n) is 9.00. The van der Waals surface area contributed by atoms with Gasteiger partial charge in [-0.05, 0) is 26.0 Å². The van der Waals surface area contributed by atoms with Gasteiger partial charge in [-0.1, -0.05) is 42.0 Å². The second kappa shape index (κ2) is 8.14. The van der Waals surface area contributed by atoms with E-state index in [1.807, 2.05) is 67.8 Å². The molecular formula is C22H19N3O2S2. The lowest BCUT2D eigenvalue weighted by Crippen LogP contribution is -2.11. The van der Waals surface area contributed by atoms with Gasteiger partial charge in [-0.25, -0.2) is 9.97 Å². The SMILES string of the molecule is COc1ccc(C)cc1-c1csc(NC(=O)c2sc(-c3ccccc3)nc2C)n1. The van der Waals surface area contributed by atoms with Gasteiger partial charge >= 0.3 is 0 Å². The smallest absolute Gasteiger partial charge is 0.269 e. The Balaban J connectivity index is 1.56. The minimum atomic E-state index is -0.195. The van der Waals surface area contributed by atoms with Crippen LogP contribution in [0.1, 0.15) is 20.9 Å². The standard InChI is InChI=1S/C22H19N3O2S2/c1-13-9-10-18(27-3)16(11-13)17-12-28-22(24-17)25-20(26)19-14(2)23-21(29-19)15-7-5-4-6-8-15/h4-12H,1-3H3,(H,24,25,26). The summed E-state index contributed by atoms with van der Waals surface area (Å²) >= 11 is 2.77. The average molecular weight is 422 g/mol. The summed E-state index contributed by atoms with van der Waals surface area (Å²) in [5.41, 5.74) is 4.51. The van der Waals surface area contributed by atoms with Crippen molar-refractivity contribution in [2.24, 2.45) is 0 Å². The lowest BCUT2D eigenvalue weighted by atomic mass is 10.1. The highest BCUT2D eigenvalue weighted by Crippen LogP contribution is 2.34. The maximum atomic E-state index is 12.8. The number of aromatic nitrogens is 2. The van der Waals surface area contributed by atoms with Crippen LogP contribution in [0, 0.1) is 13.8 Å². The average Bonchev–Trinajstić information content (AvgIpc) is 3.35. The molecule has 0 unspecified atom stereocenters. The number of methoxy groups -OCH3 is 1. The van der Waals surface area contributed by atoms with Crippen molar-refractivity contribution in [1.29, 1.82) is 0 Å². The lowest BCUT2D eigenvalue weighted by molar-refractivity contribution is 0.103. The number of hydrogen-bond donors (Lipinski definition) is 1. The highest BCUT2D eigenvalue weighted by atomic mass is 32.1. The molecule has 0 fully saturated rings. The van der Waals surface area contributed by atoms with E-state index in [2.05, 4.69) is 15.3 Å². The molecule has 2 aromatic carbocycles. The molecule has 0 radical (unpaired) electrons. The van der Waals surface area contributed by atoms with Crippen molar-refractivity contribution >= 4 is 33.7 Å². The second-order valence-corrected chi connectivity index (χ2v) is 8.35. The summed E-state index contributed by atoms with van der Waals surface area (Å²) in [5, 5.41) is 6.20. The van der Waals surface area contributed by atoms with E-state index in [1.165, 1.54) is 22.7 Å². The van der Waals surface area contributed by atoms with Crippen LogP contribution in [-0.4, -0.2) is 23.0 Å². The van der Waals surface area contributed by atoms with Gasteiger partial charge in [0.15, 0.2) is 5.13 Å². The number of rotatable bonds is 5. The summed E-state index contributed by atoms with van der Waals surface area (Å²) < 4.78 is 5.45. The van der Waals surface area contributed by atoms with Crippen molar-refractivity contribution in [3.05, 3.63) is 70.0 Å². The molecule has 0 aliphatic rings. The van der Waals surface area contributed by atoms with Gasteiger partial charge in [-0.3, -0.25) is 10.1 Å². The monoisotopic (exact) mass is 421 g/mol. The number of carbonyl (C=O) groups is 1. The van der Waals surface area contributed by atoms with Crippen molar-refractivity contribution in [1.82, 2.24) is 9.97 Å². The highest BCUT2D eigenvalue weighted by molar-refractivity contribution is 7.17. The summed E-state index contributed by atoms with van der Waals surface area (Å²) in [7, 11) is 1.64. The van der Waals surface area contributed by atoms with E-state index >= 15 is 0 Å². The van der Waals surface area contributed by atoms with Gasteiger partial charge in [0.25, 0.3) is 5.91 Å². The van der Waals surface area contributed by atoms with Crippen LogP contribution < -0.4 is 10.1 Å². The van der Waals surface area contributed by atoms with Crippen LogP contribution in [0.25, 0.3) is 21.8 Å². The van der Waals surface area contributed by atoms with Crippen LogP contribution in [0.2, 0.25) is 0 Å². The zero-order valence-electron chi connectivity index (χ0n) is 16.2. The molecule has 2 heterocycles. The molecule has 0 saturated carbocycles. The Morgan fingerprint density at radius 3 is 2.62 bits per heavy atom. The molecule has 1 amide bonds. The van der Waals surface area contributed by atoms with Gasteiger partial charge in [-0.2, -0.15) is 0 Å². The zero-order valence-corrected chi connectivity index (χ0v) is 17.9. The van der Waals surface area contributed by atoms with Crippen molar-refractivity contribution in [2.45, 2.75) is 13.8 Å². The maximum absolute atomic E-state index is 12.8. The predicted octanol–water partition coefficient (Wildman–Crippen LogP) is 5.81. The second-order valence-electron chi connectivity index (χ2n) is 6.50. The van der Waals surface area contributed by atoms with Gasteiger partial charge in [0.1, 0.15) is 15.6 Å². The van der Waals surface area contributed by atoms with Crippen LogP contribution in [-0.2, 0) is 0 Å². The van der Waals surface area contributed by atoms with Crippen molar-refractivity contribution in [3.8, 4) is 27.6 Å². The number of hydrogen-bond acceptors (Lipinski definition) is 6. The number of thiazole rings is 2. The van der Waals surface area contributed by atoms with Gasteiger partial charge in [0.05, 0.1) is 18.5 Å². The largest absolute Gasteiger partial charge is 0.496 e. The molecule has 0 saturated heterocycles. The van der Waals surface area contributed by atoms with E-state index in [0.29, 0.717) is 15.7 Å². The van der Waals surface area contributed by atoms with Gasteiger partial charge in [0, 0.05) is 16.5 Å². The van der Waals surface area contributed by atoms with E-state index in [4.69, 9.17) is 4.74 Å². The fourth-order valence-corrected chi connectivity index (χ4v) is 4.61. The van der Waals surface area contributed by atoms with Crippen molar-refractivity contribution < 1.29 is 9.53 Å². The third kappa shape index (κ3) is 4.06. The number of amides is 1. The lowest BCUT2D eigenvalue weighted by Gasteiger charge is -2.07. The molecule has 29 heavy (non-hydrogen) atoms. The molecule has 4 rings (SSSR count). The number of nitrogens with zero attached hydrogens (tertiary/aromatic N) is 2. The summed E-state index contributed by atoms with van der Waals surface area (Å²) in [6.45, 7) is 3.87. The van der Waals surface area contributed by atoms with Crippen LogP contribution in [0.5, 0.6) is 5.75 Å². The summed E-state index contributed by atoms with van der Waals surface area (Å²) in [6.07, 6.45) is 0. The maximum Gasteiger partial charge on any atom is 0.269 e. The van der Waals surface area contributed by atoms with Crippen molar-refractivity contribution in [3.63, 3.8) is 0 Å². The summed E-state index contributed by atoms with van der Waals surface area (Å²) in [6, 6.07) is 15.8. The molecule has 0 spiro atoms. The first-order chi connectivity index (χ1) is 14.0. The number of anilines is 1. The van der Waals surface area contributed by atoms with Gasteiger partial charge in [0.2, 0.25) is 0 Å². The van der Waals surface area contributed by atoms with Gasteiger partial charge < -0.3 is 4.74 Å². The first kappa shape index (κ1) is 19.3. The van der Waals surface area contributed by atoms with Crippen LogP contribution >= 0.6 is 22.7 Å². The van der Waals surface area contributed by atoms with Crippen LogP contribution in [0.15, 0.2) is 53.9 Å². The Bertz CT molecular complexity index is 1170. The molecule has 2 aromatic heterocycles. The summed E-state index contributed by atoms with van der Waals surface area (Å²) in [5.74, 6) is 0.559. The van der Waals surface area contributed by atoms with Gasteiger partial charge in [-0.15, -0.1) is 22.7 Å². The number of ether oxygens (including phenoxy) is 1. The van der Waals surface area contributed by atoms with E-state index < -0.39 is 0 Å². The van der Waals surface area contributed by atoms with Crippen LogP contribution in [0.4, 0.5) is 5.13 Å². The first-order valence-corrected chi connectivity index (χ1v) is 10.7. The zero-order chi connectivity index (χ0) is 20.4. The predicted molar refractivity (Wildman–Crippen MR) is 119 cm³/mol. The molecule has 4 aromatic rings. The molecule has 0 aliphatic heterocycles. The summed E-state index contributed by atoms with van der Waals surface area (Å²) in [4.78, 5) is 22.5. The van der Waals surface area contributed by atoms with E-state index in [1.54, 1.807) is 7.11 Å². The minimum absolute atomic E-state index is 0.195. The molecule has 0 atom stereocenters. The molecule has 5 nitrogen and oxygen atoms in total. The van der Waals surface area contributed by atoms with E-state index in [-0.39, 0.29) is 5.91 Å². The highest BCUT2D eigenvalue weighted by Gasteiger charge is 2.18. The van der Waals surface area contributed by atoms with E-state index in [9.17, 15) is 4.79 Å². The fourth-order valence-electron chi connectivity index (χ4n) is 2.94. The Morgan fingerprint density at radius 2 is 1.86 bits per heavy atom. The molecule has 1 N–H and O–H groups in total. The third-order valence-electron chi connectivity index (χ3n) is 4.38. The molecule has 0 aliphatic carbocycles. The Morgan fingerprint density at radius 1 is 1.07 bits per heavy atom. The minimum Gasteiger partial charge on any atom is -0.496 e. The fraction of sp³-hybridized carbons (Fsp3) is 0.136. The Kier molecular flexibility index (Phi) is 5.42. The Hall–Kier alpha value is -3.03. The number of benzene rings is 2. The number of carbonyl (C=O) groups excluding carboxylic acids is 1.